The molecule has 3 aliphatic rings. The van der Waals surface area contributed by atoms with E-state index in [1.807, 2.05) is 7.05 Å². The molecule has 4 N–H and O–H groups in total. The van der Waals surface area contributed by atoms with Gasteiger partial charge in [-0.25, -0.2) is 0 Å². The van der Waals surface area contributed by atoms with Gasteiger partial charge in [0.05, 0.1) is 6.10 Å². The van der Waals surface area contributed by atoms with Crippen molar-refractivity contribution in [1.29, 1.82) is 0 Å². The number of carbonyl (C=O) groups is 1. The highest BCUT2D eigenvalue weighted by molar-refractivity contribution is 5.77. The van der Waals surface area contributed by atoms with Crippen molar-refractivity contribution in [3.05, 3.63) is 0 Å². The summed E-state index contributed by atoms with van der Waals surface area (Å²) in [6.07, 6.45) is 6.10. The second-order valence-electron chi connectivity index (χ2n) is 8.60. The van der Waals surface area contributed by atoms with E-state index in [2.05, 4.69) is 17.6 Å². The van der Waals surface area contributed by atoms with Crippen molar-refractivity contribution >= 4 is 5.91 Å². The van der Waals surface area contributed by atoms with Crippen molar-refractivity contribution in [3.63, 3.8) is 0 Å². The molecule has 0 spiro atoms. The minimum Gasteiger partial charge on any atom is -0.396 e. The second kappa shape index (κ2) is 7.30. The Hall–Kier alpha value is -0.650. The molecule has 7 atom stereocenters. The molecule has 0 unspecified atom stereocenters. The van der Waals surface area contributed by atoms with Crippen LogP contribution in [0.15, 0.2) is 0 Å². The molecule has 1 heterocycles. The van der Waals surface area contributed by atoms with Gasteiger partial charge in [-0.3, -0.25) is 4.79 Å². The molecule has 0 aromatic heterocycles. The largest absolute Gasteiger partial charge is 0.396 e. The summed E-state index contributed by atoms with van der Waals surface area (Å²) in [6, 6.07) is 0.325. The van der Waals surface area contributed by atoms with Crippen molar-refractivity contribution in [2.45, 2.75) is 64.0 Å². The molecule has 0 bridgehead atoms. The summed E-state index contributed by atoms with van der Waals surface area (Å²) in [5.41, 5.74) is 0.0852. The van der Waals surface area contributed by atoms with Gasteiger partial charge in [0.15, 0.2) is 0 Å². The summed E-state index contributed by atoms with van der Waals surface area (Å²) < 4.78 is 0. The van der Waals surface area contributed by atoms with Gasteiger partial charge in [-0.2, -0.15) is 0 Å². The van der Waals surface area contributed by atoms with Crippen molar-refractivity contribution in [2.75, 3.05) is 20.2 Å². The van der Waals surface area contributed by atoms with Gasteiger partial charge in [-0.05, 0) is 81.2 Å². The Bertz CT molecular complexity index is 458. The summed E-state index contributed by atoms with van der Waals surface area (Å²) >= 11 is 0. The Balaban J connectivity index is 1.84. The van der Waals surface area contributed by atoms with Crippen LogP contribution in [-0.2, 0) is 4.79 Å². The van der Waals surface area contributed by atoms with Crippen LogP contribution in [0.5, 0.6) is 0 Å². The zero-order valence-corrected chi connectivity index (χ0v) is 15.1. The number of carbonyl (C=O) groups excluding carboxylic acids is 1. The number of aliphatic hydroxyl groups is 2. The van der Waals surface area contributed by atoms with E-state index in [4.69, 9.17) is 0 Å². The van der Waals surface area contributed by atoms with Gasteiger partial charge < -0.3 is 20.8 Å². The number of hydrogen-bond acceptors (Lipinski definition) is 4. The van der Waals surface area contributed by atoms with Crippen LogP contribution in [0.2, 0.25) is 0 Å². The van der Waals surface area contributed by atoms with E-state index in [-0.39, 0.29) is 30.0 Å². The molecule has 1 aliphatic heterocycles. The lowest BCUT2D eigenvalue weighted by Crippen LogP contribution is -2.57. The van der Waals surface area contributed by atoms with E-state index in [0.717, 1.165) is 45.1 Å². The maximum atomic E-state index is 11.8. The van der Waals surface area contributed by atoms with Gasteiger partial charge in [0, 0.05) is 19.1 Å². The molecule has 3 rings (SSSR count). The highest BCUT2D eigenvalue weighted by Gasteiger charge is 2.52. The average molecular weight is 338 g/mol. The van der Waals surface area contributed by atoms with Crippen LogP contribution in [-0.4, -0.2) is 48.5 Å². The molecule has 2 aliphatic carbocycles. The normalized spacial score (nSPS) is 46.2. The third kappa shape index (κ3) is 3.23. The van der Waals surface area contributed by atoms with Gasteiger partial charge in [0.2, 0.25) is 5.91 Å². The van der Waals surface area contributed by atoms with Crippen LogP contribution in [0.4, 0.5) is 0 Å². The Morgan fingerprint density at radius 2 is 2.08 bits per heavy atom. The zero-order valence-electron chi connectivity index (χ0n) is 15.1. The molecule has 1 saturated heterocycles. The number of piperidine rings is 1. The first kappa shape index (κ1) is 18.2. The Morgan fingerprint density at radius 1 is 1.29 bits per heavy atom. The van der Waals surface area contributed by atoms with E-state index in [9.17, 15) is 15.0 Å². The topological polar surface area (TPSA) is 81.6 Å². The zero-order chi connectivity index (χ0) is 17.3. The molecule has 0 radical (unpaired) electrons. The maximum absolute atomic E-state index is 11.8. The quantitative estimate of drug-likeness (QED) is 0.623. The minimum absolute atomic E-state index is 0.0852. The van der Waals surface area contributed by atoms with Gasteiger partial charge in [0.25, 0.3) is 0 Å². The third-order valence-electron chi connectivity index (χ3n) is 7.44. The first-order chi connectivity index (χ1) is 11.5. The Kier molecular flexibility index (Phi) is 5.52. The monoisotopic (exact) mass is 338 g/mol. The van der Waals surface area contributed by atoms with E-state index in [1.54, 1.807) is 0 Å². The van der Waals surface area contributed by atoms with E-state index < -0.39 is 0 Å². The highest BCUT2D eigenvalue weighted by Crippen LogP contribution is 2.55. The maximum Gasteiger partial charge on any atom is 0.220 e. The van der Waals surface area contributed by atoms with Crippen LogP contribution in [0.1, 0.15) is 51.9 Å². The minimum atomic E-state index is -0.261. The second-order valence-corrected chi connectivity index (χ2v) is 8.60. The summed E-state index contributed by atoms with van der Waals surface area (Å²) in [5.74, 6) is 2.00. The number of hydrogen-bond donors (Lipinski definition) is 4. The molecule has 2 saturated carbocycles. The van der Waals surface area contributed by atoms with Crippen LogP contribution in [0.3, 0.4) is 0 Å². The van der Waals surface area contributed by atoms with Crippen LogP contribution in [0, 0.1) is 29.1 Å². The molecule has 3 fully saturated rings. The van der Waals surface area contributed by atoms with Gasteiger partial charge in [0.1, 0.15) is 0 Å². The lowest BCUT2D eigenvalue weighted by atomic mass is 9.51. The summed E-state index contributed by atoms with van der Waals surface area (Å²) in [4.78, 5) is 11.8. The SMILES string of the molecule is CNC[C@H]1[C@@H]2CCC(=O)N[C@H]2CC[C@@H]1[C@@]1(C)CC[C@H](O)C[C@@H]1CO. The molecular formula is C19H34N2O3. The third-order valence-corrected chi connectivity index (χ3v) is 7.44. The predicted octanol–water partition coefficient (Wildman–Crippen LogP) is 1.29. The summed E-state index contributed by atoms with van der Waals surface area (Å²) in [5, 5.41) is 26.6. The Labute approximate surface area is 145 Å². The number of aliphatic hydroxyl groups excluding tert-OH is 2. The number of nitrogens with one attached hydrogen (secondary N) is 2. The van der Waals surface area contributed by atoms with Crippen molar-refractivity contribution in [3.8, 4) is 0 Å². The molecule has 24 heavy (non-hydrogen) atoms. The lowest BCUT2D eigenvalue weighted by Gasteiger charge is -2.56. The molecule has 5 heteroatoms. The van der Waals surface area contributed by atoms with Crippen molar-refractivity contribution < 1.29 is 15.0 Å². The van der Waals surface area contributed by atoms with Gasteiger partial charge >= 0.3 is 0 Å². The first-order valence-electron chi connectivity index (χ1n) is 9.72. The van der Waals surface area contributed by atoms with E-state index in [1.165, 1.54) is 0 Å². The average Bonchev–Trinajstić information content (AvgIpc) is 2.57. The van der Waals surface area contributed by atoms with Gasteiger partial charge in [-0.15, -0.1) is 0 Å². The molecule has 5 nitrogen and oxygen atoms in total. The molecule has 0 aromatic rings. The molecule has 138 valence electrons. The van der Waals surface area contributed by atoms with Gasteiger partial charge in [-0.1, -0.05) is 6.92 Å². The van der Waals surface area contributed by atoms with Crippen LogP contribution in [0.25, 0.3) is 0 Å². The smallest absolute Gasteiger partial charge is 0.220 e. The lowest BCUT2D eigenvalue weighted by molar-refractivity contribution is -0.129. The fraction of sp³-hybridized carbons (Fsp3) is 0.947. The summed E-state index contributed by atoms with van der Waals surface area (Å²) in [6.45, 7) is 3.48. The first-order valence-corrected chi connectivity index (χ1v) is 9.72. The van der Waals surface area contributed by atoms with Crippen molar-refractivity contribution in [2.24, 2.45) is 29.1 Å². The molecule has 1 amide bonds. The number of fused-ring (bicyclic) bond motifs is 1. The summed E-state index contributed by atoms with van der Waals surface area (Å²) in [7, 11) is 2.01. The predicted molar refractivity (Wildman–Crippen MR) is 93.3 cm³/mol. The Morgan fingerprint density at radius 3 is 2.79 bits per heavy atom. The molecular weight excluding hydrogens is 304 g/mol. The fourth-order valence-electron chi connectivity index (χ4n) is 6.07. The molecule has 0 aromatic carbocycles. The fourth-order valence-corrected chi connectivity index (χ4v) is 6.07. The number of rotatable bonds is 4. The van der Waals surface area contributed by atoms with Crippen LogP contribution < -0.4 is 10.6 Å². The van der Waals surface area contributed by atoms with Crippen LogP contribution >= 0.6 is 0 Å². The van der Waals surface area contributed by atoms with E-state index >= 15 is 0 Å². The highest BCUT2D eigenvalue weighted by atomic mass is 16.3. The van der Waals surface area contributed by atoms with E-state index in [0.29, 0.717) is 30.2 Å². The van der Waals surface area contributed by atoms with Crippen molar-refractivity contribution in [1.82, 2.24) is 10.6 Å². The number of amides is 1. The standard InChI is InChI=1S/C19H34N2O3/c1-19(8-7-13(23)9-12(19)11-22)16-4-5-17-14(15(16)10-20-2)3-6-18(24)21-17/h12-17,20,22-23H,3-11H2,1-2H3,(H,21,24)/t12-,13+,14+,15+,16+,17+,19+/m1/s1.